The predicted octanol–water partition coefficient (Wildman–Crippen LogP) is 2.63. The highest BCUT2D eigenvalue weighted by molar-refractivity contribution is 9.10. The second-order valence-electron chi connectivity index (χ2n) is 4.17. The quantitative estimate of drug-likeness (QED) is 0.896. The standard InChI is InChI=1S/C12H13BrFNO3/c13-7-1-3-10(9(14)5-7)15-6-8-2-4-11(18-8)12(16)17/h1,3,5,8,11,15H,2,4,6H2,(H,16,17). The maximum absolute atomic E-state index is 13.5. The van der Waals surface area contributed by atoms with Gasteiger partial charge in [0.1, 0.15) is 5.82 Å². The Morgan fingerprint density at radius 3 is 2.94 bits per heavy atom. The molecule has 2 unspecified atom stereocenters. The molecule has 2 rings (SSSR count). The van der Waals surface area contributed by atoms with Crippen LogP contribution in [-0.4, -0.2) is 29.8 Å². The third-order valence-corrected chi connectivity index (χ3v) is 3.33. The maximum Gasteiger partial charge on any atom is 0.332 e. The number of ether oxygens (including phenoxy) is 1. The van der Waals surface area contributed by atoms with Gasteiger partial charge in [0.15, 0.2) is 6.10 Å². The maximum atomic E-state index is 13.5. The van der Waals surface area contributed by atoms with Gasteiger partial charge in [-0.3, -0.25) is 0 Å². The molecule has 1 heterocycles. The van der Waals surface area contributed by atoms with Crippen molar-refractivity contribution in [2.24, 2.45) is 0 Å². The highest BCUT2D eigenvalue weighted by atomic mass is 79.9. The van der Waals surface area contributed by atoms with Crippen molar-refractivity contribution in [1.29, 1.82) is 0 Å². The number of hydrogen-bond donors (Lipinski definition) is 2. The molecule has 18 heavy (non-hydrogen) atoms. The van der Waals surface area contributed by atoms with Crippen LogP contribution in [0.5, 0.6) is 0 Å². The third-order valence-electron chi connectivity index (χ3n) is 2.83. The predicted molar refractivity (Wildman–Crippen MR) is 68.1 cm³/mol. The van der Waals surface area contributed by atoms with E-state index in [1.807, 2.05) is 0 Å². The van der Waals surface area contributed by atoms with Crippen LogP contribution in [0, 0.1) is 5.82 Å². The fourth-order valence-electron chi connectivity index (χ4n) is 1.89. The van der Waals surface area contributed by atoms with Crippen molar-refractivity contribution < 1.29 is 19.0 Å². The van der Waals surface area contributed by atoms with Crippen LogP contribution in [0.15, 0.2) is 22.7 Å². The summed E-state index contributed by atoms with van der Waals surface area (Å²) in [4.78, 5) is 10.7. The van der Waals surface area contributed by atoms with Crippen LogP contribution < -0.4 is 5.32 Å². The van der Waals surface area contributed by atoms with Gasteiger partial charge in [-0.25, -0.2) is 9.18 Å². The molecule has 0 aliphatic carbocycles. The first-order valence-electron chi connectivity index (χ1n) is 5.63. The van der Waals surface area contributed by atoms with Crippen molar-refractivity contribution in [2.75, 3.05) is 11.9 Å². The minimum absolute atomic E-state index is 0.186. The molecule has 1 saturated heterocycles. The molecule has 0 spiro atoms. The number of aliphatic carboxylic acids is 1. The van der Waals surface area contributed by atoms with E-state index in [4.69, 9.17) is 9.84 Å². The van der Waals surface area contributed by atoms with Crippen LogP contribution in [0.1, 0.15) is 12.8 Å². The van der Waals surface area contributed by atoms with Gasteiger partial charge >= 0.3 is 5.97 Å². The Morgan fingerprint density at radius 1 is 1.56 bits per heavy atom. The Balaban J connectivity index is 1.87. The Kier molecular flexibility index (Phi) is 4.19. The highest BCUT2D eigenvalue weighted by Gasteiger charge is 2.30. The summed E-state index contributed by atoms with van der Waals surface area (Å²) in [6.45, 7) is 0.405. The topological polar surface area (TPSA) is 58.6 Å². The molecule has 1 aliphatic rings. The second kappa shape index (κ2) is 5.67. The van der Waals surface area contributed by atoms with Gasteiger partial charge in [0.05, 0.1) is 11.8 Å². The van der Waals surface area contributed by atoms with Crippen LogP contribution in [0.4, 0.5) is 10.1 Å². The van der Waals surface area contributed by atoms with Gasteiger partial charge in [0.2, 0.25) is 0 Å². The van der Waals surface area contributed by atoms with Gasteiger partial charge in [0, 0.05) is 11.0 Å². The van der Waals surface area contributed by atoms with Gasteiger partial charge in [-0.05, 0) is 31.0 Å². The van der Waals surface area contributed by atoms with Crippen molar-refractivity contribution in [3.8, 4) is 0 Å². The van der Waals surface area contributed by atoms with Crippen molar-refractivity contribution in [2.45, 2.75) is 25.0 Å². The summed E-state index contributed by atoms with van der Waals surface area (Å²) >= 11 is 3.18. The first-order chi connectivity index (χ1) is 8.56. The van der Waals surface area contributed by atoms with E-state index in [-0.39, 0.29) is 11.9 Å². The minimum Gasteiger partial charge on any atom is -0.479 e. The lowest BCUT2D eigenvalue weighted by Gasteiger charge is -2.13. The van der Waals surface area contributed by atoms with Crippen molar-refractivity contribution in [3.63, 3.8) is 0 Å². The number of nitrogens with one attached hydrogen (secondary N) is 1. The van der Waals surface area contributed by atoms with Gasteiger partial charge in [-0.2, -0.15) is 0 Å². The van der Waals surface area contributed by atoms with E-state index < -0.39 is 12.1 Å². The summed E-state index contributed by atoms with van der Waals surface area (Å²) < 4.78 is 19.5. The summed E-state index contributed by atoms with van der Waals surface area (Å²) in [5, 5.41) is 11.7. The summed E-state index contributed by atoms with van der Waals surface area (Å²) in [6.07, 6.45) is 0.257. The van der Waals surface area contributed by atoms with Crippen molar-refractivity contribution in [1.82, 2.24) is 0 Å². The van der Waals surface area contributed by atoms with Crippen LogP contribution in [0.2, 0.25) is 0 Å². The number of rotatable bonds is 4. The molecule has 0 aromatic heterocycles. The average molecular weight is 318 g/mol. The van der Waals surface area contributed by atoms with Crippen molar-refractivity contribution >= 4 is 27.6 Å². The fraction of sp³-hybridized carbons (Fsp3) is 0.417. The molecule has 0 amide bonds. The van der Waals surface area contributed by atoms with Gasteiger partial charge < -0.3 is 15.2 Å². The molecular formula is C12H13BrFNO3. The van der Waals surface area contributed by atoms with Gasteiger partial charge in [0.25, 0.3) is 0 Å². The molecule has 2 N–H and O–H groups in total. The normalized spacial score (nSPS) is 23.0. The number of benzene rings is 1. The zero-order valence-electron chi connectivity index (χ0n) is 9.53. The molecule has 4 nitrogen and oxygen atoms in total. The summed E-state index contributed by atoms with van der Waals surface area (Å²) in [7, 11) is 0. The largest absolute Gasteiger partial charge is 0.479 e. The molecule has 1 fully saturated rings. The highest BCUT2D eigenvalue weighted by Crippen LogP contribution is 2.22. The Morgan fingerprint density at radius 2 is 2.33 bits per heavy atom. The number of carboxylic acid groups (broad SMARTS) is 1. The molecule has 2 atom stereocenters. The third kappa shape index (κ3) is 3.20. The average Bonchev–Trinajstić information content (AvgIpc) is 2.76. The lowest BCUT2D eigenvalue weighted by molar-refractivity contribution is -0.149. The fourth-order valence-corrected chi connectivity index (χ4v) is 2.23. The summed E-state index contributed by atoms with van der Waals surface area (Å²) in [5.74, 6) is -1.29. The molecule has 1 aliphatic heterocycles. The van der Waals surface area contributed by atoms with Crippen LogP contribution in [0.3, 0.4) is 0 Å². The SMILES string of the molecule is O=C(O)C1CCC(CNc2ccc(Br)cc2F)O1. The molecule has 1 aromatic carbocycles. The van der Waals surface area contributed by atoms with E-state index in [1.165, 1.54) is 6.07 Å². The number of carboxylic acids is 1. The van der Waals surface area contributed by atoms with Crippen LogP contribution in [0.25, 0.3) is 0 Å². The Bertz CT molecular complexity index is 455. The van der Waals surface area contributed by atoms with E-state index in [0.717, 1.165) is 0 Å². The van der Waals surface area contributed by atoms with Crippen LogP contribution in [-0.2, 0) is 9.53 Å². The molecular weight excluding hydrogens is 305 g/mol. The smallest absolute Gasteiger partial charge is 0.332 e. The number of carbonyl (C=O) groups is 1. The molecule has 0 saturated carbocycles. The zero-order valence-corrected chi connectivity index (χ0v) is 11.1. The van der Waals surface area contributed by atoms with E-state index in [0.29, 0.717) is 29.5 Å². The molecule has 0 bridgehead atoms. The van der Waals surface area contributed by atoms with E-state index in [1.54, 1.807) is 12.1 Å². The second-order valence-corrected chi connectivity index (χ2v) is 5.08. The summed E-state index contributed by atoms with van der Waals surface area (Å²) in [6, 6.07) is 4.74. The van der Waals surface area contributed by atoms with Gasteiger partial charge in [-0.15, -0.1) is 0 Å². The summed E-state index contributed by atoms with van der Waals surface area (Å²) in [5.41, 5.74) is 0.389. The van der Waals surface area contributed by atoms with E-state index >= 15 is 0 Å². The molecule has 1 aromatic rings. The van der Waals surface area contributed by atoms with Crippen LogP contribution >= 0.6 is 15.9 Å². The first-order valence-corrected chi connectivity index (χ1v) is 6.43. The lowest BCUT2D eigenvalue weighted by Crippen LogP contribution is -2.24. The van der Waals surface area contributed by atoms with Gasteiger partial charge in [-0.1, -0.05) is 15.9 Å². The van der Waals surface area contributed by atoms with Crippen molar-refractivity contribution in [3.05, 3.63) is 28.5 Å². The number of halogens is 2. The molecule has 98 valence electrons. The molecule has 6 heteroatoms. The first kappa shape index (κ1) is 13.3. The minimum atomic E-state index is -0.938. The Labute approximate surface area is 112 Å². The number of anilines is 1. The number of hydrogen-bond acceptors (Lipinski definition) is 3. The molecule has 0 radical (unpaired) electrons. The Hall–Kier alpha value is -1.14. The zero-order chi connectivity index (χ0) is 13.1. The lowest BCUT2D eigenvalue weighted by atomic mass is 10.2. The monoisotopic (exact) mass is 317 g/mol. The van der Waals surface area contributed by atoms with E-state index in [2.05, 4.69) is 21.2 Å². The van der Waals surface area contributed by atoms with E-state index in [9.17, 15) is 9.18 Å².